The Labute approximate surface area is 163 Å². The molecule has 1 aliphatic rings. The molecule has 134 valence electrons. The van der Waals surface area contributed by atoms with Crippen LogP contribution in [-0.2, 0) is 17.8 Å². The molecule has 3 aromatic rings. The first kappa shape index (κ1) is 17.3. The summed E-state index contributed by atoms with van der Waals surface area (Å²) in [6.45, 7) is 2.97. The first-order chi connectivity index (χ1) is 12.5. The second-order valence-corrected chi connectivity index (χ2v) is 8.90. The van der Waals surface area contributed by atoms with E-state index < -0.39 is 6.04 Å². The Morgan fingerprint density at radius 3 is 2.85 bits per heavy atom. The molecule has 4 rings (SSSR count). The Morgan fingerprint density at radius 1 is 1.27 bits per heavy atom. The van der Waals surface area contributed by atoms with Crippen molar-refractivity contribution in [1.82, 2.24) is 15.2 Å². The smallest absolute Gasteiger partial charge is 0.262 e. The van der Waals surface area contributed by atoms with Crippen molar-refractivity contribution in [2.45, 2.75) is 25.9 Å². The predicted octanol–water partition coefficient (Wildman–Crippen LogP) is 3.70. The number of carbonyl (C=O) groups is 2. The molecule has 0 aliphatic carbocycles. The quantitative estimate of drug-likeness (QED) is 0.663. The molecular weight excluding hydrogens is 414 g/mol. The van der Waals surface area contributed by atoms with Gasteiger partial charge in [0.05, 0.1) is 8.66 Å². The van der Waals surface area contributed by atoms with Crippen LogP contribution in [0.15, 0.2) is 40.2 Å². The van der Waals surface area contributed by atoms with Gasteiger partial charge in [0.25, 0.3) is 5.91 Å². The van der Waals surface area contributed by atoms with Gasteiger partial charge in [0.15, 0.2) is 0 Å². The van der Waals surface area contributed by atoms with Crippen LogP contribution in [0, 0.1) is 0 Å². The number of nitrogens with one attached hydrogen (secondary N) is 2. The van der Waals surface area contributed by atoms with Crippen molar-refractivity contribution in [2.75, 3.05) is 6.54 Å². The van der Waals surface area contributed by atoms with Crippen LogP contribution in [0.2, 0.25) is 0 Å². The van der Waals surface area contributed by atoms with Gasteiger partial charge in [0.1, 0.15) is 6.04 Å². The highest BCUT2D eigenvalue weighted by Gasteiger charge is 2.28. The number of H-pyrrole nitrogens is 1. The number of hydrogen-bond donors (Lipinski definition) is 2. The zero-order valence-electron chi connectivity index (χ0n) is 14.2. The summed E-state index contributed by atoms with van der Waals surface area (Å²) in [5.74, 6) is -0.267. The van der Waals surface area contributed by atoms with Gasteiger partial charge in [-0.15, -0.1) is 11.3 Å². The summed E-state index contributed by atoms with van der Waals surface area (Å²) in [6, 6.07) is 11.2. The van der Waals surface area contributed by atoms with Gasteiger partial charge in [-0.1, -0.05) is 18.2 Å². The highest BCUT2D eigenvalue weighted by Crippen LogP contribution is 2.28. The number of para-hydroxylation sites is 1. The molecule has 2 amide bonds. The van der Waals surface area contributed by atoms with E-state index >= 15 is 0 Å². The Kier molecular flexibility index (Phi) is 4.58. The molecule has 0 bridgehead atoms. The second kappa shape index (κ2) is 6.89. The van der Waals surface area contributed by atoms with Crippen LogP contribution in [0.3, 0.4) is 0 Å². The number of nitrogens with zero attached hydrogens (tertiary/aromatic N) is 1. The average molecular weight is 432 g/mol. The lowest BCUT2D eigenvalue weighted by atomic mass is 10.0. The summed E-state index contributed by atoms with van der Waals surface area (Å²) in [6.07, 6.45) is 0.800. The van der Waals surface area contributed by atoms with E-state index in [1.54, 1.807) is 13.0 Å². The van der Waals surface area contributed by atoms with Gasteiger partial charge in [-0.25, -0.2) is 0 Å². The van der Waals surface area contributed by atoms with Gasteiger partial charge >= 0.3 is 0 Å². The fraction of sp³-hybridized carbons (Fsp3) is 0.263. The van der Waals surface area contributed by atoms with E-state index in [2.05, 4.69) is 38.4 Å². The summed E-state index contributed by atoms with van der Waals surface area (Å²) < 4.78 is 0.893. The largest absolute Gasteiger partial charge is 0.358 e. The lowest BCUT2D eigenvalue weighted by Crippen LogP contribution is -2.48. The maximum Gasteiger partial charge on any atom is 0.262 e. The summed E-state index contributed by atoms with van der Waals surface area (Å²) >= 11 is 4.70. The van der Waals surface area contributed by atoms with E-state index in [-0.39, 0.29) is 11.8 Å². The molecule has 1 aromatic carbocycles. The van der Waals surface area contributed by atoms with Crippen LogP contribution >= 0.6 is 27.3 Å². The maximum atomic E-state index is 12.8. The molecule has 3 heterocycles. The van der Waals surface area contributed by atoms with Crippen molar-refractivity contribution in [3.8, 4) is 0 Å². The molecule has 1 aliphatic heterocycles. The van der Waals surface area contributed by atoms with Crippen LogP contribution in [0.25, 0.3) is 10.9 Å². The van der Waals surface area contributed by atoms with E-state index in [4.69, 9.17) is 0 Å². The Bertz CT molecular complexity index is 994. The first-order valence-electron chi connectivity index (χ1n) is 8.46. The van der Waals surface area contributed by atoms with Gasteiger partial charge in [0, 0.05) is 41.7 Å². The molecule has 0 spiro atoms. The van der Waals surface area contributed by atoms with E-state index in [1.807, 2.05) is 23.1 Å². The minimum Gasteiger partial charge on any atom is -0.358 e. The molecule has 26 heavy (non-hydrogen) atoms. The lowest BCUT2D eigenvalue weighted by molar-refractivity contribution is -0.133. The highest BCUT2D eigenvalue weighted by molar-refractivity contribution is 9.11. The molecule has 0 saturated carbocycles. The molecule has 2 N–H and O–H groups in total. The van der Waals surface area contributed by atoms with Crippen molar-refractivity contribution in [3.05, 3.63) is 56.3 Å². The summed E-state index contributed by atoms with van der Waals surface area (Å²) in [5, 5.41) is 3.98. The topological polar surface area (TPSA) is 65.2 Å². The van der Waals surface area contributed by atoms with E-state index in [0.29, 0.717) is 18.0 Å². The van der Waals surface area contributed by atoms with Gasteiger partial charge in [-0.05, 0) is 41.1 Å². The molecule has 0 saturated heterocycles. The lowest BCUT2D eigenvalue weighted by Gasteiger charge is -2.29. The van der Waals surface area contributed by atoms with E-state index in [9.17, 15) is 9.59 Å². The molecule has 0 fully saturated rings. The first-order valence-corrected chi connectivity index (χ1v) is 10.1. The third-order valence-corrected chi connectivity index (χ3v) is 6.33. The van der Waals surface area contributed by atoms with Crippen molar-refractivity contribution >= 4 is 50.0 Å². The van der Waals surface area contributed by atoms with Crippen molar-refractivity contribution in [1.29, 1.82) is 0 Å². The van der Waals surface area contributed by atoms with Crippen LogP contribution < -0.4 is 5.32 Å². The molecule has 1 atom stereocenters. The fourth-order valence-electron chi connectivity index (χ4n) is 3.39. The van der Waals surface area contributed by atoms with E-state index in [0.717, 1.165) is 15.7 Å². The number of aromatic amines is 1. The Morgan fingerprint density at radius 2 is 2.08 bits per heavy atom. The van der Waals surface area contributed by atoms with Crippen molar-refractivity contribution < 1.29 is 9.59 Å². The van der Waals surface area contributed by atoms with Crippen LogP contribution in [0.4, 0.5) is 0 Å². The highest BCUT2D eigenvalue weighted by atomic mass is 79.9. The SMILES string of the molecule is CC(NC(=O)c1ccc(Br)s1)C(=O)N1CCc2[nH]c3ccccc3c2C1. The Hall–Kier alpha value is -2.12. The number of aromatic nitrogens is 1. The second-order valence-electron chi connectivity index (χ2n) is 6.44. The zero-order valence-corrected chi connectivity index (χ0v) is 16.6. The van der Waals surface area contributed by atoms with Gasteiger partial charge in [0.2, 0.25) is 5.91 Å². The monoisotopic (exact) mass is 431 g/mol. The minimum atomic E-state index is -0.560. The number of carbonyl (C=O) groups excluding carboxylic acids is 2. The van der Waals surface area contributed by atoms with Gasteiger partial charge < -0.3 is 15.2 Å². The van der Waals surface area contributed by atoms with E-state index in [1.165, 1.54) is 28.0 Å². The fourth-order valence-corrected chi connectivity index (χ4v) is 4.68. The van der Waals surface area contributed by atoms with Crippen LogP contribution in [0.5, 0.6) is 0 Å². The third-order valence-electron chi connectivity index (χ3n) is 4.71. The molecular formula is C19H18BrN3O2S. The van der Waals surface area contributed by atoms with Crippen molar-refractivity contribution in [2.24, 2.45) is 0 Å². The third kappa shape index (κ3) is 3.17. The molecule has 1 unspecified atom stereocenters. The summed E-state index contributed by atoms with van der Waals surface area (Å²) in [7, 11) is 0. The van der Waals surface area contributed by atoms with Gasteiger partial charge in [-0.2, -0.15) is 0 Å². The molecule has 0 radical (unpaired) electrons. The average Bonchev–Trinajstić information content (AvgIpc) is 3.24. The number of thiophene rings is 1. The number of rotatable bonds is 3. The standard InChI is InChI=1S/C19H18BrN3O2S/c1-11(21-18(24)16-6-7-17(20)26-16)19(25)23-9-8-15-13(10-23)12-4-2-3-5-14(12)22-15/h2-7,11,22H,8-10H2,1H3,(H,21,24). The number of benzene rings is 1. The van der Waals surface area contributed by atoms with Crippen molar-refractivity contribution in [3.63, 3.8) is 0 Å². The number of fused-ring (bicyclic) bond motifs is 3. The number of amides is 2. The maximum absolute atomic E-state index is 12.8. The normalized spacial score (nSPS) is 14.9. The minimum absolute atomic E-state index is 0.0510. The summed E-state index contributed by atoms with van der Waals surface area (Å²) in [5.41, 5.74) is 3.49. The van der Waals surface area contributed by atoms with Gasteiger partial charge in [-0.3, -0.25) is 9.59 Å². The summed E-state index contributed by atoms with van der Waals surface area (Å²) in [4.78, 5) is 31.0. The van der Waals surface area contributed by atoms with Crippen LogP contribution in [0.1, 0.15) is 27.9 Å². The molecule has 7 heteroatoms. The number of halogens is 1. The predicted molar refractivity (Wildman–Crippen MR) is 106 cm³/mol. The zero-order chi connectivity index (χ0) is 18.3. The number of hydrogen-bond acceptors (Lipinski definition) is 3. The van der Waals surface area contributed by atoms with Crippen LogP contribution in [-0.4, -0.2) is 34.3 Å². The molecule has 2 aromatic heterocycles. The Balaban J connectivity index is 1.47. The molecule has 5 nitrogen and oxygen atoms in total.